The zero-order valence-electron chi connectivity index (χ0n) is 15.3. The summed E-state index contributed by atoms with van der Waals surface area (Å²) in [6.07, 6.45) is 1.36. The summed E-state index contributed by atoms with van der Waals surface area (Å²) in [7, 11) is 0. The van der Waals surface area contributed by atoms with Gasteiger partial charge in [-0.1, -0.05) is 45.7 Å². The van der Waals surface area contributed by atoms with E-state index in [1.165, 1.54) is 6.21 Å². The smallest absolute Gasteiger partial charge is 0.277 e. The molecule has 28 heavy (non-hydrogen) atoms. The normalized spacial score (nSPS) is 11.3. The number of nitrogens with one attached hydrogen (secondary N) is 1. The molecule has 5 nitrogen and oxygen atoms in total. The first-order valence-corrected chi connectivity index (χ1v) is 11.4. The average Bonchev–Trinajstić information content (AvgIpc) is 2.62. The van der Waals surface area contributed by atoms with Gasteiger partial charge in [-0.05, 0) is 74.0 Å². The lowest BCUT2D eigenvalue weighted by atomic mass is 10.0. The predicted molar refractivity (Wildman–Crippen MR) is 125 cm³/mol. The number of rotatable bonds is 6. The molecule has 0 aromatic heterocycles. The van der Waals surface area contributed by atoms with Gasteiger partial charge in [-0.25, -0.2) is 5.43 Å². The first-order valence-electron chi connectivity index (χ1n) is 8.23. The zero-order chi connectivity index (χ0) is 21.0. The number of benzene rings is 2. The first kappa shape index (κ1) is 23.4. The minimum absolute atomic E-state index is 0.0355. The standard InChI is InChI=1S/C19H18Br4N2O3/c1-9(2)13-6-14(21)10(3)17(23)19(13)28-8-16(26)25-24-7-11-4-12(20)5-15(22)18(11)27/h4-7,9,27H,8H2,1-3H3,(H,25,26). The van der Waals surface area contributed by atoms with Crippen molar-refractivity contribution in [2.24, 2.45) is 5.10 Å². The number of carbonyl (C=O) groups is 1. The van der Waals surface area contributed by atoms with Crippen LogP contribution in [0.5, 0.6) is 11.5 Å². The largest absolute Gasteiger partial charge is 0.506 e. The van der Waals surface area contributed by atoms with Gasteiger partial charge in [-0.2, -0.15) is 5.10 Å². The third kappa shape index (κ3) is 5.81. The second kappa shape index (κ2) is 10.2. The molecule has 0 aliphatic rings. The van der Waals surface area contributed by atoms with Crippen molar-refractivity contribution < 1.29 is 14.6 Å². The molecule has 0 aliphatic heterocycles. The number of ether oxygens (including phenoxy) is 1. The maximum Gasteiger partial charge on any atom is 0.277 e. The van der Waals surface area contributed by atoms with Crippen molar-refractivity contribution in [2.45, 2.75) is 26.7 Å². The Balaban J connectivity index is 2.07. The second-order valence-electron chi connectivity index (χ2n) is 6.28. The summed E-state index contributed by atoms with van der Waals surface area (Å²) < 4.78 is 8.85. The Morgan fingerprint density at radius 1 is 1.21 bits per heavy atom. The summed E-state index contributed by atoms with van der Waals surface area (Å²) in [4.78, 5) is 12.1. The van der Waals surface area contributed by atoms with Crippen LogP contribution in [0, 0.1) is 6.92 Å². The Labute approximate surface area is 197 Å². The molecule has 150 valence electrons. The SMILES string of the molecule is Cc1c(Br)cc(C(C)C)c(OCC(=O)NN=Cc2cc(Br)cc(Br)c2O)c1Br. The van der Waals surface area contributed by atoms with Crippen LogP contribution in [0.1, 0.15) is 36.5 Å². The molecule has 0 heterocycles. The molecule has 0 bridgehead atoms. The van der Waals surface area contributed by atoms with Crippen LogP contribution in [0.25, 0.3) is 0 Å². The molecule has 0 aliphatic carbocycles. The van der Waals surface area contributed by atoms with Crippen LogP contribution in [0.3, 0.4) is 0 Å². The Morgan fingerprint density at radius 3 is 2.54 bits per heavy atom. The van der Waals surface area contributed by atoms with Crippen molar-refractivity contribution in [1.29, 1.82) is 0 Å². The lowest BCUT2D eigenvalue weighted by Crippen LogP contribution is -2.25. The molecule has 0 saturated heterocycles. The van der Waals surface area contributed by atoms with Gasteiger partial charge in [0.2, 0.25) is 0 Å². The van der Waals surface area contributed by atoms with Crippen LogP contribution < -0.4 is 10.2 Å². The monoisotopic (exact) mass is 638 g/mol. The van der Waals surface area contributed by atoms with Crippen molar-refractivity contribution in [1.82, 2.24) is 5.43 Å². The number of phenols is 1. The molecule has 0 radical (unpaired) electrons. The molecule has 0 atom stereocenters. The van der Waals surface area contributed by atoms with Crippen LogP contribution in [0.15, 0.2) is 41.2 Å². The van der Waals surface area contributed by atoms with Crippen LogP contribution in [0.2, 0.25) is 0 Å². The fourth-order valence-electron chi connectivity index (χ4n) is 2.32. The van der Waals surface area contributed by atoms with E-state index in [0.29, 0.717) is 15.8 Å². The minimum atomic E-state index is -0.410. The minimum Gasteiger partial charge on any atom is -0.506 e. The number of phenolic OH excluding ortho intramolecular Hbond substituents is 1. The van der Waals surface area contributed by atoms with Crippen LogP contribution in [-0.2, 0) is 4.79 Å². The Kier molecular flexibility index (Phi) is 8.54. The predicted octanol–water partition coefficient (Wildman–Crippen LogP) is 6.40. The highest BCUT2D eigenvalue weighted by Gasteiger charge is 2.17. The van der Waals surface area contributed by atoms with E-state index in [1.807, 2.05) is 13.0 Å². The molecule has 0 unspecified atom stereocenters. The Bertz CT molecular complexity index is 930. The van der Waals surface area contributed by atoms with Crippen molar-refractivity contribution in [3.05, 3.63) is 52.8 Å². The average molecular weight is 642 g/mol. The highest BCUT2D eigenvalue weighted by Crippen LogP contribution is 2.40. The van der Waals surface area contributed by atoms with Gasteiger partial charge in [0.1, 0.15) is 11.5 Å². The fraction of sp³-hybridized carbons (Fsp3) is 0.263. The number of nitrogens with zero attached hydrogens (tertiary/aromatic N) is 1. The van der Waals surface area contributed by atoms with E-state index in [2.05, 4.69) is 88.1 Å². The van der Waals surface area contributed by atoms with Crippen molar-refractivity contribution >= 4 is 75.8 Å². The fourth-order valence-corrected chi connectivity index (χ4v) is 4.84. The van der Waals surface area contributed by atoms with E-state index in [1.54, 1.807) is 12.1 Å². The van der Waals surface area contributed by atoms with Gasteiger partial charge in [-0.3, -0.25) is 4.79 Å². The summed E-state index contributed by atoms with van der Waals surface area (Å²) in [5, 5.41) is 13.9. The van der Waals surface area contributed by atoms with Gasteiger partial charge in [0, 0.05) is 14.5 Å². The zero-order valence-corrected chi connectivity index (χ0v) is 21.7. The number of halogens is 4. The van der Waals surface area contributed by atoms with E-state index >= 15 is 0 Å². The molecule has 2 N–H and O–H groups in total. The maximum absolute atomic E-state index is 12.1. The lowest BCUT2D eigenvalue weighted by Gasteiger charge is -2.18. The number of hydrogen-bond acceptors (Lipinski definition) is 4. The molecule has 2 rings (SSSR count). The molecule has 1 amide bonds. The Morgan fingerprint density at radius 2 is 1.89 bits per heavy atom. The highest BCUT2D eigenvalue weighted by atomic mass is 79.9. The number of amides is 1. The summed E-state index contributed by atoms with van der Waals surface area (Å²) in [6, 6.07) is 5.40. The molecular formula is C19H18Br4N2O3. The molecular weight excluding hydrogens is 624 g/mol. The molecule has 0 spiro atoms. The van der Waals surface area contributed by atoms with Gasteiger partial charge in [0.15, 0.2) is 6.61 Å². The molecule has 9 heteroatoms. The number of hydrazone groups is 1. The van der Waals surface area contributed by atoms with Gasteiger partial charge >= 0.3 is 0 Å². The van der Waals surface area contributed by atoms with E-state index in [0.717, 1.165) is 24.5 Å². The topological polar surface area (TPSA) is 70.9 Å². The highest BCUT2D eigenvalue weighted by molar-refractivity contribution is 9.11. The third-order valence-corrected chi connectivity index (χ3v) is 6.69. The number of aromatic hydroxyl groups is 1. The van der Waals surface area contributed by atoms with E-state index < -0.39 is 5.91 Å². The summed E-state index contributed by atoms with van der Waals surface area (Å²) >= 11 is 13.7. The third-order valence-electron chi connectivity index (χ3n) is 3.85. The van der Waals surface area contributed by atoms with Gasteiger partial charge in [-0.15, -0.1) is 0 Å². The van der Waals surface area contributed by atoms with E-state index in [9.17, 15) is 9.90 Å². The second-order valence-corrected chi connectivity index (χ2v) is 9.70. The van der Waals surface area contributed by atoms with Crippen molar-refractivity contribution in [2.75, 3.05) is 6.61 Å². The molecule has 0 fully saturated rings. The lowest BCUT2D eigenvalue weighted by molar-refractivity contribution is -0.123. The molecule has 0 saturated carbocycles. The summed E-state index contributed by atoms with van der Waals surface area (Å²) in [5.74, 6) is 0.492. The molecule has 2 aromatic carbocycles. The van der Waals surface area contributed by atoms with E-state index in [-0.39, 0.29) is 18.3 Å². The van der Waals surface area contributed by atoms with Crippen molar-refractivity contribution in [3.63, 3.8) is 0 Å². The first-order chi connectivity index (χ1) is 13.1. The quantitative estimate of drug-likeness (QED) is 0.283. The van der Waals surface area contributed by atoms with Crippen LogP contribution >= 0.6 is 63.7 Å². The van der Waals surface area contributed by atoms with Gasteiger partial charge in [0.25, 0.3) is 5.91 Å². The van der Waals surface area contributed by atoms with Gasteiger partial charge < -0.3 is 9.84 Å². The van der Waals surface area contributed by atoms with Crippen LogP contribution in [0.4, 0.5) is 0 Å². The summed E-state index contributed by atoms with van der Waals surface area (Å²) in [5.41, 5.74) is 4.84. The van der Waals surface area contributed by atoms with E-state index in [4.69, 9.17) is 4.74 Å². The van der Waals surface area contributed by atoms with Gasteiger partial charge in [0.05, 0.1) is 15.2 Å². The van der Waals surface area contributed by atoms with Crippen molar-refractivity contribution in [3.8, 4) is 11.5 Å². The number of carbonyl (C=O) groups excluding carboxylic acids is 1. The molecule has 2 aromatic rings. The van der Waals surface area contributed by atoms with Crippen LogP contribution in [-0.4, -0.2) is 23.8 Å². The Hall–Kier alpha value is -0.900. The maximum atomic E-state index is 12.1. The number of hydrogen-bond donors (Lipinski definition) is 2. The summed E-state index contributed by atoms with van der Waals surface area (Å²) in [6.45, 7) is 5.88.